The van der Waals surface area contributed by atoms with Crippen molar-refractivity contribution in [3.05, 3.63) is 72.2 Å². The summed E-state index contributed by atoms with van der Waals surface area (Å²) in [6, 6.07) is 10.4. The lowest BCUT2D eigenvalue weighted by atomic mass is 9.85. The number of benzene rings is 1. The molecule has 1 saturated carbocycles. The molecule has 2 aliphatic heterocycles. The Hall–Kier alpha value is -4.94. The van der Waals surface area contributed by atoms with E-state index in [1.807, 2.05) is 17.0 Å². The van der Waals surface area contributed by atoms with Crippen molar-refractivity contribution in [1.29, 1.82) is 0 Å². The van der Waals surface area contributed by atoms with E-state index in [0.29, 0.717) is 23.1 Å². The molecule has 2 bridgehead atoms. The number of aromatic amines is 1. The first kappa shape index (κ1) is 26.7. The van der Waals surface area contributed by atoms with Crippen molar-refractivity contribution < 1.29 is 18.3 Å². The van der Waals surface area contributed by atoms with Crippen LogP contribution in [0, 0.1) is 0 Å². The number of H-pyrrole nitrogens is 1. The van der Waals surface area contributed by atoms with E-state index >= 15 is 0 Å². The first-order valence-corrected chi connectivity index (χ1v) is 14.8. The van der Waals surface area contributed by atoms with Gasteiger partial charge >= 0.3 is 6.61 Å². The number of pyridine rings is 1. The number of amides is 1. The van der Waals surface area contributed by atoms with Crippen LogP contribution in [0.1, 0.15) is 72.2 Å². The molecule has 4 aromatic heterocycles. The molecule has 1 aromatic carbocycles. The van der Waals surface area contributed by atoms with Gasteiger partial charge in [0.2, 0.25) is 5.82 Å². The monoisotopic (exact) mass is 597 g/mol. The molecule has 3 fully saturated rings. The Kier molecular flexibility index (Phi) is 6.27. The van der Waals surface area contributed by atoms with Gasteiger partial charge in [-0.05, 0) is 74.8 Å². The molecule has 2 saturated heterocycles. The summed E-state index contributed by atoms with van der Waals surface area (Å²) in [6.45, 7) is -2.87. The van der Waals surface area contributed by atoms with Crippen LogP contribution >= 0.6 is 0 Å². The van der Waals surface area contributed by atoms with Crippen LogP contribution in [0.25, 0.3) is 28.0 Å². The number of halogens is 2. The number of rotatable bonds is 7. The van der Waals surface area contributed by atoms with Gasteiger partial charge in [0.05, 0.1) is 17.6 Å². The minimum Gasteiger partial charge on any atom is -0.435 e. The van der Waals surface area contributed by atoms with Crippen LogP contribution in [0.15, 0.2) is 55.1 Å². The normalized spacial score (nSPS) is 21.3. The van der Waals surface area contributed by atoms with Crippen molar-refractivity contribution in [2.24, 2.45) is 0 Å². The Morgan fingerprint density at radius 3 is 2.36 bits per heavy atom. The number of nitrogen functional groups attached to an aromatic ring is 1. The lowest BCUT2D eigenvalue weighted by Crippen LogP contribution is -2.46. The maximum Gasteiger partial charge on any atom is 0.387 e. The summed E-state index contributed by atoms with van der Waals surface area (Å²) < 4.78 is 31.2. The standard InChI is InChI=1S/C31H29F2N9O2/c32-31(33)44-22-8-3-16(4-9-22)24-10-5-18(13-35-24)23-14-38-42-27(34)25(17-1-2-17)26(39-29(23)42)19-11-20-6-7-21(12-19)41(20)30(43)28-36-15-37-40-28/h3-5,8-10,13-15,17,19-21,31H,1-2,6-7,11-12,34H2,(H,36,37,40)/t19-,20+,21-. The Morgan fingerprint density at radius 1 is 0.977 bits per heavy atom. The van der Waals surface area contributed by atoms with Crippen LogP contribution < -0.4 is 10.5 Å². The number of nitrogens with zero attached hydrogens (tertiary/aromatic N) is 7. The van der Waals surface area contributed by atoms with Crippen LogP contribution in [0.4, 0.5) is 14.6 Å². The number of piperidine rings is 1. The third-order valence-electron chi connectivity index (χ3n) is 9.16. The highest BCUT2D eigenvalue weighted by Crippen LogP contribution is 2.50. The second kappa shape index (κ2) is 10.4. The number of carbonyl (C=O) groups excluding carboxylic acids is 1. The van der Waals surface area contributed by atoms with E-state index in [1.54, 1.807) is 29.0 Å². The van der Waals surface area contributed by atoms with Gasteiger partial charge in [-0.15, -0.1) is 10.2 Å². The fraction of sp³-hybridized carbons (Fsp3) is 0.355. The van der Waals surface area contributed by atoms with Gasteiger partial charge in [-0.1, -0.05) is 6.07 Å². The maximum absolute atomic E-state index is 13.2. The Bertz CT molecular complexity index is 1820. The number of nitrogens with two attached hydrogens (primary N) is 1. The molecule has 11 nitrogen and oxygen atoms in total. The zero-order valence-corrected chi connectivity index (χ0v) is 23.6. The van der Waals surface area contributed by atoms with Crippen molar-refractivity contribution >= 4 is 17.4 Å². The van der Waals surface area contributed by atoms with Crippen LogP contribution in [0.5, 0.6) is 5.75 Å². The fourth-order valence-corrected chi connectivity index (χ4v) is 7.05. The molecule has 3 N–H and O–H groups in total. The molecular formula is C31H29F2N9O2. The second-order valence-electron chi connectivity index (χ2n) is 11.8. The first-order chi connectivity index (χ1) is 21.4. The zero-order chi connectivity index (χ0) is 29.9. The molecule has 1 aliphatic carbocycles. The number of anilines is 1. The smallest absolute Gasteiger partial charge is 0.387 e. The molecule has 0 unspecified atom stereocenters. The molecule has 13 heteroatoms. The predicted molar refractivity (Wildman–Crippen MR) is 156 cm³/mol. The molecule has 8 rings (SSSR count). The SMILES string of the molecule is Nc1c(C2CC2)c([C@H]2C[C@H]3CC[C@@H](C2)N3C(=O)c2nnc[nH]2)nc2c(-c3ccc(-c4ccc(OC(F)F)cc4)nc3)cnn12. The molecular weight excluding hydrogens is 568 g/mol. The van der Waals surface area contributed by atoms with E-state index in [4.69, 9.17) is 10.7 Å². The lowest BCUT2D eigenvalue weighted by molar-refractivity contribution is -0.0498. The van der Waals surface area contributed by atoms with Gasteiger partial charge in [0.25, 0.3) is 5.91 Å². The molecule has 3 atom stereocenters. The molecule has 44 heavy (non-hydrogen) atoms. The second-order valence-corrected chi connectivity index (χ2v) is 11.8. The average molecular weight is 598 g/mol. The van der Waals surface area contributed by atoms with E-state index in [2.05, 4.69) is 30.0 Å². The summed E-state index contributed by atoms with van der Waals surface area (Å²) in [6.07, 6.45) is 10.7. The summed E-state index contributed by atoms with van der Waals surface area (Å²) in [5.74, 6) is 1.46. The number of ether oxygens (including phenoxy) is 1. The zero-order valence-electron chi connectivity index (χ0n) is 23.6. The van der Waals surface area contributed by atoms with Gasteiger partial charge in [0.1, 0.15) is 17.9 Å². The number of fused-ring (bicyclic) bond motifs is 3. The number of carbonyl (C=O) groups is 1. The molecule has 6 heterocycles. The number of hydrogen-bond donors (Lipinski definition) is 2. The number of aromatic nitrogens is 7. The molecule has 5 aromatic rings. The fourth-order valence-electron chi connectivity index (χ4n) is 7.05. The highest BCUT2D eigenvalue weighted by molar-refractivity contribution is 5.91. The van der Waals surface area contributed by atoms with Crippen LogP contribution in [-0.4, -0.2) is 64.3 Å². The minimum absolute atomic E-state index is 0.0924. The molecule has 224 valence electrons. The molecule has 0 radical (unpaired) electrons. The van der Waals surface area contributed by atoms with Gasteiger partial charge in [0.15, 0.2) is 5.65 Å². The van der Waals surface area contributed by atoms with E-state index in [9.17, 15) is 13.6 Å². The van der Waals surface area contributed by atoms with E-state index in [1.165, 1.54) is 18.5 Å². The van der Waals surface area contributed by atoms with Gasteiger partial charge in [0, 0.05) is 46.5 Å². The van der Waals surface area contributed by atoms with E-state index in [0.717, 1.165) is 66.5 Å². The minimum atomic E-state index is -2.87. The number of nitrogens with one attached hydrogen (secondary N) is 1. The van der Waals surface area contributed by atoms with E-state index in [-0.39, 0.29) is 35.5 Å². The summed E-state index contributed by atoms with van der Waals surface area (Å²) in [7, 11) is 0. The van der Waals surface area contributed by atoms with Crippen molar-refractivity contribution in [3.8, 4) is 28.1 Å². The summed E-state index contributed by atoms with van der Waals surface area (Å²) in [5, 5.41) is 12.4. The third-order valence-corrected chi connectivity index (χ3v) is 9.16. The first-order valence-electron chi connectivity index (χ1n) is 14.8. The van der Waals surface area contributed by atoms with Crippen molar-refractivity contribution in [3.63, 3.8) is 0 Å². The molecule has 3 aliphatic rings. The van der Waals surface area contributed by atoms with Crippen LogP contribution in [0.2, 0.25) is 0 Å². The van der Waals surface area contributed by atoms with Crippen molar-refractivity contribution in [2.45, 2.75) is 69.1 Å². The highest BCUT2D eigenvalue weighted by Gasteiger charge is 2.46. The lowest BCUT2D eigenvalue weighted by Gasteiger charge is -2.39. The van der Waals surface area contributed by atoms with Crippen LogP contribution in [0.3, 0.4) is 0 Å². The van der Waals surface area contributed by atoms with E-state index < -0.39 is 6.61 Å². The molecule has 1 amide bonds. The van der Waals surface area contributed by atoms with Crippen molar-refractivity contribution in [2.75, 3.05) is 5.73 Å². The number of hydrogen-bond acceptors (Lipinski definition) is 8. The topological polar surface area (TPSA) is 140 Å². The van der Waals surface area contributed by atoms with Gasteiger partial charge in [-0.3, -0.25) is 9.78 Å². The highest BCUT2D eigenvalue weighted by atomic mass is 19.3. The van der Waals surface area contributed by atoms with Gasteiger partial charge < -0.3 is 20.4 Å². The summed E-state index contributed by atoms with van der Waals surface area (Å²) in [4.78, 5) is 28.0. The van der Waals surface area contributed by atoms with Gasteiger partial charge in [-0.25, -0.2) is 4.98 Å². The Balaban J connectivity index is 1.11. The number of alkyl halides is 2. The third kappa shape index (κ3) is 4.54. The Labute approximate surface area is 250 Å². The van der Waals surface area contributed by atoms with Crippen LogP contribution in [-0.2, 0) is 0 Å². The van der Waals surface area contributed by atoms with Gasteiger partial charge in [-0.2, -0.15) is 18.4 Å². The summed E-state index contributed by atoms with van der Waals surface area (Å²) in [5.41, 5.74) is 12.8. The predicted octanol–water partition coefficient (Wildman–Crippen LogP) is 5.19. The molecule has 0 spiro atoms. The quantitative estimate of drug-likeness (QED) is 0.261. The van der Waals surface area contributed by atoms with Crippen molar-refractivity contribution in [1.82, 2.24) is 39.7 Å². The average Bonchev–Trinajstić information content (AvgIpc) is 3.41. The summed E-state index contributed by atoms with van der Waals surface area (Å²) >= 11 is 0. The largest absolute Gasteiger partial charge is 0.435 e. The maximum atomic E-state index is 13.2. The Morgan fingerprint density at radius 2 is 1.73 bits per heavy atom.